The number of amides is 2. The second-order valence-corrected chi connectivity index (χ2v) is 22.1. The molecule has 2 aromatic heterocycles. The lowest BCUT2D eigenvalue weighted by Gasteiger charge is -2.24. The van der Waals surface area contributed by atoms with Crippen LogP contribution in [0.5, 0.6) is 11.5 Å². The summed E-state index contributed by atoms with van der Waals surface area (Å²) in [4.78, 5) is 51.7. The molecule has 72 heavy (non-hydrogen) atoms. The Morgan fingerprint density at radius 1 is 0.556 bits per heavy atom. The van der Waals surface area contributed by atoms with Crippen LogP contribution in [0, 0.1) is 0 Å². The molecule has 4 aromatic carbocycles. The quantitative estimate of drug-likeness (QED) is 0.0874. The average Bonchev–Trinajstić information content (AvgIpc) is 3.92. The molecule has 0 saturated heterocycles. The van der Waals surface area contributed by atoms with Gasteiger partial charge >= 0.3 is 34.6 Å². The van der Waals surface area contributed by atoms with Crippen molar-refractivity contribution in [2.45, 2.75) is 93.9 Å². The minimum absolute atomic E-state index is 0.0454. The molecule has 0 spiro atoms. The van der Waals surface area contributed by atoms with Gasteiger partial charge in [0, 0.05) is 31.1 Å². The topological polar surface area (TPSA) is 208 Å². The first-order valence-corrected chi connectivity index (χ1v) is 25.3. The summed E-state index contributed by atoms with van der Waals surface area (Å²) in [6.07, 6.45) is -0.505. The summed E-state index contributed by atoms with van der Waals surface area (Å²) >= 11 is 0. The molecular weight excluding hydrogens is 976 g/mol. The van der Waals surface area contributed by atoms with Crippen molar-refractivity contribution in [3.63, 3.8) is 0 Å². The molecule has 0 radical (unpaired) electrons. The number of likely N-dealkylation sites (N-methyl/N-ethyl adjacent to an activating group) is 2. The number of ether oxygens (including phenoxy) is 6. The minimum atomic E-state index is -4.50. The largest absolute Gasteiger partial charge is 0.491 e. The van der Waals surface area contributed by atoms with Crippen LogP contribution >= 0.6 is 0 Å². The summed E-state index contributed by atoms with van der Waals surface area (Å²) in [5.74, 6) is 1.000. The Morgan fingerprint density at radius 3 is 1.49 bits per heavy atom. The van der Waals surface area contributed by atoms with E-state index < -0.39 is 61.2 Å². The minimum Gasteiger partial charge on any atom is -0.491 e. The Labute approximate surface area is 420 Å². The number of hydrogen-bond donors (Lipinski definition) is 0. The van der Waals surface area contributed by atoms with Crippen LogP contribution in [0.3, 0.4) is 0 Å². The molecule has 0 aliphatic rings. The second-order valence-electron chi connectivity index (χ2n) is 18.9. The zero-order valence-corrected chi connectivity index (χ0v) is 44.1. The lowest BCUT2D eigenvalue weighted by molar-refractivity contribution is 0.0277. The summed E-state index contributed by atoms with van der Waals surface area (Å²) < 4.78 is 94.7. The number of carbonyl (C=O) groups is 4. The van der Waals surface area contributed by atoms with Gasteiger partial charge in [0.15, 0.2) is 5.03 Å². The number of hydrogen-bond acceptors (Lipinski definition) is 14. The number of nitrogens with zero attached hydrogens (tertiary/aromatic N) is 4. The van der Waals surface area contributed by atoms with Crippen LogP contribution in [0.15, 0.2) is 130 Å². The predicted octanol–water partition coefficient (Wildman–Crippen LogP) is 10.3. The highest BCUT2D eigenvalue weighted by Crippen LogP contribution is 2.34. The smallest absolute Gasteiger partial charge is 0.420 e. The van der Waals surface area contributed by atoms with Crippen molar-refractivity contribution in [1.82, 2.24) is 18.9 Å². The highest BCUT2D eigenvalue weighted by Gasteiger charge is 2.31. The summed E-state index contributed by atoms with van der Waals surface area (Å²) in [6, 6.07) is 28.5. The SMILES string of the molecule is CN(CCOc1cccc2c1cc(S(=O)(=O)c1ccccc1)n2C(=O)OC(C)(C)C)C(=O)OC(C)(C)C.COC(=O)N(C)CCOc1cccc2c1ccn2C(=O)OC(C)(C)C.O=S(=O)(F)c1ccccc1. The van der Waals surface area contributed by atoms with Crippen LogP contribution in [-0.4, -0.2) is 124 Å². The first kappa shape index (κ1) is 57.4. The van der Waals surface area contributed by atoms with Crippen LogP contribution in [0.4, 0.5) is 23.1 Å². The predicted molar refractivity (Wildman–Crippen MR) is 269 cm³/mol. The standard InChI is InChI=1S/C27H34N2O7S.C18H24N2O5.C6H5FO2S/c1-26(2,3)35-24(30)28(7)16-17-34-22-15-11-14-21-20(22)18-23(29(21)25(31)36-27(4,5)6)37(32,33)19-12-9-8-10-13-19;1-18(2,3)25-17(22)20-10-9-13-14(20)7-6-8-15(13)24-12-11-19(4)16(21)23-5;7-10(8,9)6-4-2-1-3-5-6/h8-15,18H,16-17H2,1-7H3;6-10H,11-12H2,1-5H3;1-5H. The zero-order chi connectivity index (χ0) is 53.8. The molecule has 2 amide bonds. The van der Waals surface area contributed by atoms with Gasteiger partial charge in [-0.05, 0) is 123 Å². The number of sulfone groups is 1. The molecule has 0 unspecified atom stereocenters. The highest BCUT2D eigenvalue weighted by atomic mass is 32.3. The normalized spacial score (nSPS) is 11.8. The van der Waals surface area contributed by atoms with Crippen molar-refractivity contribution in [1.29, 1.82) is 0 Å². The Kier molecular flexibility index (Phi) is 19.0. The molecule has 0 atom stereocenters. The second kappa shape index (κ2) is 23.9. The molecule has 21 heteroatoms. The molecule has 0 aliphatic heterocycles. The van der Waals surface area contributed by atoms with E-state index in [1.165, 1.54) is 63.9 Å². The molecule has 0 bridgehead atoms. The van der Waals surface area contributed by atoms with Gasteiger partial charge in [0.25, 0.3) is 0 Å². The van der Waals surface area contributed by atoms with E-state index in [0.29, 0.717) is 41.1 Å². The average molecular weight is 1040 g/mol. The van der Waals surface area contributed by atoms with Crippen molar-refractivity contribution in [2.75, 3.05) is 47.5 Å². The number of aromatic nitrogens is 2. The fourth-order valence-corrected chi connectivity index (χ4v) is 8.23. The molecule has 6 rings (SSSR count). The number of fused-ring (bicyclic) bond motifs is 2. The Balaban J connectivity index is 0.000000274. The Hall–Kier alpha value is -7.13. The van der Waals surface area contributed by atoms with E-state index in [1.807, 2.05) is 39.0 Å². The van der Waals surface area contributed by atoms with Crippen molar-refractivity contribution in [2.24, 2.45) is 0 Å². The van der Waals surface area contributed by atoms with E-state index in [4.69, 9.17) is 23.7 Å². The molecule has 0 aliphatic carbocycles. The van der Waals surface area contributed by atoms with E-state index >= 15 is 0 Å². The van der Waals surface area contributed by atoms with Gasteiger partial charge in [-0.3, -0.25) is 4.57 Å². The molecule has 0 saturated carbocycles. The van der Waals surface area contributed by atoms with Crippen molar-refractivity contribution in [3.05, 3.63) is 115 Å². The van der Waals surface area contributed by atoms with Crippen molar-refractivity contribution < 1.29 is 68.3 Å². The molecule has 390 valence electrons. The van der Waals surface area contributed by atoms with Gasteiger partial charge in [-0.15, -0.1) is 3.89 Å². The maximum Gasteiger partial charge on any atom is 0.420 e. The van der Waals surface area contributed by atoms with E-state index in [9.17, 15) is 39.9 Å². The van der Waals surface area contributed by atoms with E-state index in [1.54, 1.807) is 110 Å². The maximum atomic E-state index is 13.6. The van der Waals surface area contributed by atoms with Gasteiger partial charge in [-0.2, -0.15) is 8.42 Å². The van der Waals surface area contributed by atoms with Gasteiger partial charge in [-0.1, -0.05) is 48.5 Å². The van der Waals surface area contributed by atoms with E-state index in [-0.39, 0.29) is 28.0 Å². The number of benzene rings is 4. The van der Waals surface area contributed by atoms with Crippen LogP contribution in [0.25, 0.3) is 21.8 Å². The fraction of sp³-hybridized carbons (Fsp3) is 0.373. The molecule has 18 nitrogen and oxygen atoms in total. The lowest BCUT2D eigenvalue weighted by Crippen LogP contribution is -2.36. The molecule has 2 heterocycles. The van der Waals surface area contributed by atoms with Crippen molar-refractivity contribution >= 4 is 66.2 Å². The van der Waals surface area contributed by atoms with E-state index in [0.717, 1.165) is 9.95 Å². The summed E-state index contributed by atoms with van der Waals surface area (Å²) in [5.41, 5.74) is -1.01. The molecule has 0 N–H and O–H groups in total. The zero-order valence-electron chi connectivity index (χ0n) is 42.5. The van der Waals surface area contributed by atoms with Crippen LogP contribution in [0.2, 0.25) is 0 Å². The lowest BCUT2D eigenvalue weighted by atomic mass is 10.2. The van der Waals surface area contributed by atoms with Gasteiger partial charge in [-0.25, -0.2) is 32.2 Å². The monoisotopic (exact) mass is 1040 g/mol. The third kappa shape index (κ3) is 16.5. The molecule has 0 fully saturated rings. The van der Waals surface area contributed by atoms with Gasteiger partial charge in [0.05, 0.1) is 41.0 Å². The fourth-order valence-electron chi connectivity index (χ4n) is 6.30. The first-order chi connectivity index (χ1) is 33.4. The van der Waals surface area contributed by atoms with Crippen LogP contribution in [0.1, 0.15) is 62.3 Å². The number of carbonyl (C=O) groups excluding carboxylic acids is 4. The summed E-state index contributed by atoms with van der Waals surface area (Å²) in [5, 5.41) is 0.988. The third-order valence-corrected chi connectivity index (χ3v) is 12.1. The molecular formula is C51H63FN4O14S2. The molecule has 6 aromatic rings. The summed E-state index contributed by atoms with van der Waals surface area (Å²) in [6.45, 7) is 17.0. The van der Waals surface area contributed by atoms with Gasteiger partial charge in [0.1, 0.15) is 41.5 Å². The van der Waals surface area contributed by atoms with Gasteiger partial charge < -0.3 is 38.2 Å². The van der Waals surface area contributed by atoms with Crippen LogP contribution in [-0.2, 0) is 39.0 Å². The number of halogens is 1. The highest BCUT2D eigenvalue weighted by molar-refractivity contribution is 7.91. The third-order valence-electron chi connectivity index (χ3n) is 9.54. The van der Waals surface area contributed by atoms with E-state index in [2.05, 4.69) is 4.74 Å². The first-order valence-electron chi connectivity index (χ1n) is 22.4. The van der Waals surface area contributed by atoms with Crippen molar-refractivity contribution in [3.8, 4) is 11.5 Å². The van der Waals surface area contributed by atoms with Gasteiger partial charge in [0.2, 0.25) is 9.84 Å². The maximum absolute atomic E-state index is 13.6. The van der Waals surface area contributed by atoms with Crippen LogP contribution < -0.4 is 9.47 Å². The Morgan fingerprint density at radius 2 is 1.01 bits per heavy atom. The number of rotatable bonds is 11. The summed E-state index contributed by atoms with van der Waals surface area (Å²) in [7, 11) is -4.01. The Bertz CT molecular complexity index is 3050. The number of methoxy groups -OCH3 is 1.